The van der Waals surface area contributed by atoms with Crippen LogP contribution in [-0.4, -0.2) is 24.2 Å². The molecule has 0 aliphatic rings. The first-order valence-corrected chi connectivity index (χ1v) is 8.46. The number of pyridine rings is 1. The van der Waals surface area contributed by atoms with Crippen molar-refractivity contribution in [3.63, 3.8) is 0 Å². The predicted octanol–water partition coefficient (Wildman–Crippen LogP) is 4.26. The van der Waals surface area contributed by atoms with E-state index in [2.05, 4.69) is 15.6 Å². The van der Waals surface area contributed by atoms with Crippen molar-refractivity contribution in [2.75, 3.05) is 18.5 Å². The minimum atomic E-state index is -0.265. The number of hydrogen-bond acceptors (Lipinski definition) is 3. The van der Waals surface area contributed by atoms with E-state index < -0.39 is 0 Å². The van der Waals surface area contributed by atoms with Gasteiger partial charge in [-0.05, 0) is 42.8 Å². The van der Waals surface area contributed by atoms with Gasteiger partial charge in [0.2, 0.25) is 0 Å². The minimum Gasteiger partial charge on any atom is -0.492 e. The van der Waals surface area contributed by atoms with Gasteiger partial charge in [0.1, 0.15) is 12.4 Å². The molecule has 3 rings (SSSR count). The smallest absolute Gasteiger partial charge is 0.319 e. The van der Waals surface area contributed by atoms with Gasteiger partial charge in [0.05, 0.1) is 12.2 Å². The molecule has 0 saturated heterocycles. The fraction of sp³-hybridized carbons (Fsp3) is 0.143. The molecule has 132 valence electrons. The largest absolute Gasteiger partial charge is 0.492 e. The highest BCUT2D eigenvalue weighted by molar-refractivity contribution is 5.94. The van der Waals surface area contributed by atoms with Crippen molar-refractivity contribution in [1.29, 1.82) is 0 Å². The molecule has 2 N–H and O–H groups in total. The van der Waals surface area contributed by atoms with E-state index in [0.717, 1.165) is 22.6 Å². The van der Waals surface area contributed by atoms with Crippen LogP contribution in [0.3, 0.4) is 0 Å². The van der Waals surface area contributed by atoms with Crippen LogP contribution < -0.4 is 15.4 Å². The Balaban J connectivity index is 1.52. The van der Waals surface area contributed by atoms with E-state index in [-0.39, 0.29) is 6.03 Å². The molecule has 0 aliphatic heterocycles. The fourth-order valence-electron chi connectivity index (χ4n) is 2.51. The van der Waals surface area contributed by atoms with Gasteiger partial charge < -0.3 is 15.4 Å². The normalized spacial score (nSPS) is 10.2. The van der Waals surface area contributed by atoms with E-state index in [4.69, 9.17) is 4.74 Å². The Morgan fingerprint density at radius 1 is 1.00 bits per heavy atom. The van der Waals surface area contributed by atoms with E-state index in [1.165, 1.54) is 5.56 Å². The lowest BCUT2D eigenvalue weighted by Crippen LogP contribution is -2.32. The maximum Gasteiger partial charge on any atom is 0.319 e. The van der Waals surface area contributed by atoms with E-state index in [1.807, 2.05) is 67.6 Å². The topological polar surface area (TPSA) is 63.2 Å². The summed E-state index contributed by atoms with van der Waals surface area (Å²) in [6, 6.07) is 19.0. The second-order valence-electron chi connectivity index (χ2n) is 5.82. The predicted molar refractivity (Wildman–Crippen MR) is 103 cm³/mol. The summed E-state index contributed by atoms with van der Waals surface area (Å²) in [7, 11) is 0. The summed E-state index contributed by atoms with van der Waals surface area (Å²) >= 11 is 0. The average molecular weight is 347 g/mol. The van der Waals surface area contributed by atoms with Crippen LogP contribution in [0.15, 0.2) is 73.1 Å². The number of amides is 2. The Bertz CT molecular complexity index is 849. The number of benzene rings is 2. The highest BCUT2D eigenvalue weighted by Gasteiger charge is 2.07. The molecule has 1 heterocycles. The summed E-state index contributed by atoms with van der Waals surface area (Å²) in [5, 5.41) is 5.69. The van der Waals surface area contributed by atoms with Crippen molar-refractivity contribution in [2.45, 2.75) is 6.92 Å². The summed E-state index contributed by atoms with van der Waals surface area (Å²) in [4.78, 5) is 16.2. The molecule has 0 spiro atoms. The molecule has 0 unspecified atom stereocenters. The van der Waals surface area contributed by atoms with Crippen molar-refractivity contribution < 1.29 is 9.53 Å². The Hall–Kier alpha value is -3.34. The number of ether oxygens (including phenoxy) is 1. The number of hydrogen-bond donors (Lipinski definition) is 2. The van der Waals surface area contributed by atoms with Crippen LogP contribution in [0.5, 0.6) is 5.75 Å². The van der Waals surface area contributed by atoms with Gasteiger partial charge in [0, 0.05) is 18.0 Å². The van der Waals surface area contributed by atoms with Crippen molar-refractivity contribution in [3.8, 4) is 16.9 Å². The molecule has 0 fully saturated rings. The molecule has 3 aromatic rings. The van der Waals surface area contributed by atoms with E-state index in [0.29, 0.717) is 13.2 Å². The van der Waals surface area contributed by atoms with E-state index in [9.17, 15) is 4.79 Å². The molecular weight excluding hydrogens is 326 g/mol. The zero-order valence-electron chi connectivity index (χ0n) is 14.6. The molecule has 5 nitrogen and oxygen atoms in total. The molecule has 26 heavy (non-hydrogen) atoms. The molecule has 0 atom stereocenters. The molecular formula is C21H21N3O2. The number of nitrogens with one attached hydrogen (secondary N) is 2. The monoisotopic (exact) mass is 347 g/mol. The zero-order chi connectivity index (χ0) is 18.2. The Morgan fingerprint density at radius 3 is 2.50 bits per heavy atom. The van der Waals surface area contributed by atoms with Gasteiger partial charge in [-0.2, -0.15) is 0 Å². The highest BCUT2D eigenvalue weighted by Crippen LogP contribution is 2.26. The average Bonchev–Trinajstić information content (AvgIpc) is 2.68. The van der Waals surface area contributed by atoms with Crippen molar-refractivity contribution >= 4 is 11.7 Å². The van der Waals surface area contributed by atoms with Crippen LogP contribution >= 0.6 is 0 Å². The van der Waals surface area contributed by atoms with Crippen molar-refractivity contribution in [1.82, 2.24) is 10.3 Å². The third-order valence-corrected chi connectivity index (χ3v) is 3.84. The number of aryl methyl sites for hydroxylation is 1. The number of para-hydroxylation sites is 1. The maximum atomic E-state index is 12.2. The summed E-state index contributed by atoms with van der Waals surface area (Å²) in [5.74, 6) is 0.792. The van der Waals surface area contributed by atoms with Crippen molar-refractivity contribution in [3.05, 3.63) is 78.6 Å². The Kier molecular flexibility index (Phi) is 5.83. The van der Waals surface area contributed by atoms with Gasteiger partial charge in [-0.15, -0.1) is 0 Å². The second-order valence-corrected chi connectivity index (χ2v) is 5.82. The van der Waals surface area contributed by atoms with Gasteiger partial charge in [-0.1, -0.05) is 35.9 Å². The number of urea groups is 1. The summed E-state index contributed by atoms with van der Waals surface area (Å²) < 4.78 is 5.61. The number of carbonyl (C=O) groups is 1. The highest BCUT2D eigenvalue weighted by atomic mass is 16.5. The van der Waals surface area contributed by atoms with Gasteiger partial charge in [-0.25, -0.2) is 4.79 Å². The lowest BCUT2D eigenvalue weighted by Gasteiger charge is -2.12. The van der Waals surface area contributed by atoms with Gasteiger partial charge in [0.15, 0.2) is 0 Å². The van der Waals surface area contributed by atoms with E-state index >= 15 is 0 Å². The van der Waals surface area contributed by atoms with Gasteiger partial charge in [-0.3, -0.25) is 4.98 Å². The lowest BCUT2D eigenvalue weighted by atomic mass is 10.1. The minimum absolute atomic E-state index is 0.265. The van der Waals surface area contributed by atoms with Crippen LogP contribution in [0, 0.1) is 6.92 Å². The standard InChI is InChI=1S/C21H21N3O2/c1-16-6-8-18(9-7-16)26-15-14-23-21(25)24-20-5-3-2-4-19(20)17-10-12-22-13-11-17/h2-13H,14-15H2,1H3,(H2,23,24,25). The molecule has 1 aromatic heterocycles. The van der Waals surface area contributed by atoms with Crippen LogP contribution in [0.1, 0.15) is 5.56 Å². The van der Waals surface area contributed by atoms with Crippen molar-refractivity contribution in [2.24, 2.45) is 0 Å². The number of anilines is 1. The third-order valence-electron chi connectivity index (χ3n) is 3.84. The first kappa shape index (κ1) is 17.5. The molecule has 0 aliphatic carbocycles. The first-order chi connectivity index (χ1) is 12.7. The van der Waals surface area contributed by atoms with Gasteiger partial charge >= 0.3 is 6.03 Å². The number of carbonyl (C=O) groups excluding carboxylic acids is 1. The molecule has 0 radical (unpaired) electrons. The maximum absolute atomic E-state index is 12.2. The summed E-state index contributed by atoms with van der Waals surface area (Å²) in [5.41, 5.74) is 3.87. The Morgan fingerprint density at radius 2 is 1.73 bits per heavy atom. The Labute approximate surface area is 153 Å². The van der Waals surface area contributed by atoms with Gasteiger partial charge in [0.25, 0.3) is 0 Å². The number of aromatic nitrogens is 1. The first-order valence-electron chi connectivity index (χ1n) is 8.46. The quantitative estimate of drug-likeness (QED) is 0.655. The summed E-state index contributed by atoms with van der Waals surface area (Å²) in [6.45, 7) is 2.85. The number of rotatable bonds is 6. The SMILES string of the molecule is Cc1ccc(OCCNC(=O)Nc2ccccc2-c2ccncc2)cc1. The molecule has 0 saturated carbocycles. The fourth-order valence-corrected chi connectivity index (χ4v) is 2.51. The summed E-state index contributed by atoms with van der Waals surface area (Å²) in [6.07, 6.45) is 3.46. The molecule has 5 heteroatoms. The van der Waals surface area contributed by atoms with Crippen LogP contribution in [-0.2, 0) is 0 Å². The second kappa shape index (κ2) is 8.67. The third kappa shape index (κ3) is 4.83. The van der Waals surface area contributed by atoms with Crippen LogP contribution in [0.2, 0.25) is 0 Å². The molecule has 2 aromatic carbocycles. The van der Waals surface area contributed by atoms with E-state index in [1.54, 1.807) is 12.4 Å². The van der Waals surface area contributed by atoms with Crippen LogP contribution in [0.25, 0.3) is 11.1 Å². The molecule has 2 amide bonds. The zero-order valence-corrected chi connectivity index (χ0v) is 14.6. The number of nitrogens with zero attached hydrogens (tertiary/aromatic N) is 1. The van der Waals surface area contributed by atoms with Crippen LogP contribution in [0.4, 0.5) is 10.5 Å². The lowest BCUT2D eigenvalue weighted by molar-refractivity contribution is 0.247. The molecule has 0 bridgehead atoms.